The molecule has 1 amide bonds. The molecule has 0 aliphatic rings. The Morgan fingerprint density at radius 3 is 1.96 bits per heavy atom. The second-order valence-corrected chi connectivity index (χ2v) is 5.64. The Labute approximate surface area is 145 Å². The zero-order chi connectivity index (χ0) is 16.8. The Kier molecular flexibility index (Phi) is 5.14. The molecule has 0 heterocycles. The smallest absolute Gasteiger partial charge is 0.246 e. The number of ether oxygens (including phenoxy) is 1. The first-order valence-corrected chi connectivity index (χ1v) is 7.99. The van der Waals surface area contributed by atoms with Crippen LogP contribution in [-0.4, -0.2) is 5.91 Å². The average molecular weight is 338 g/mol. The molecule has 1 N–H and O–H groups in total. The van der Waals surface area contributed by atoms with Crippen LogP contribution in [-0.2, 0) is 4.79 Å². The molecule has 0 fully saturated rings. The van der Waals surface area contributed by atoms with Gasteiger partial charge in [-0.2, -0.15) is 0 Å². The van der Waals surface area contributed by atoms with E-state index in [1.165, 1.54) is 0 Å². The van der Waals surface area contributed by atoms with Gasteiger partial charge >= 0.3 is 0 Å². The molecule has 0 spiro atoms. The van der Waals surface area contributed by atoms with Gasteiger partial charge in [0.05, 0.1) is 0 Å². The quantitative estimate of drug-likeness (QED) is 0.633. The van der Waals surface area contributed by atoms with Crippen molar-refractivity contribution in [1.29, 1.82) is 0 Å². The minimum absolute atomic E-state index is 0.264. The molecule has 0 saturated heterocycles. The van der Waals surface area contributed by atoms with Crippen molar-refractivity contribution in [1.82, 2.24) is 0 Å². The number of halogens is 1. The van der Waals surface area contributed by atoms with E-state index >= 15 is 0 Å². The maximum Gasteiger partial charge on any atom is 0.246 e. The topological polar surface area (TPSA) is 38.3 Å². The standard InChI is InChI=1S/C20H16ClNO2/c21-19(15-7-3-1-4-8-15)20(23)22-16-11-13-18(14-12-16)24-17-9-5-2-6-10-17/h1-14,19H,(H,22,23). The van der Waals surface area contributed by atoms with E-state index in [4.69, 9.17) is 16.3 Å². The summed E-state index contributed by atoms with van der Waals surface area (Å²) >= 11 is 6.21. The van der Waals surface area contributed by atoms with E-state index in [0.717, 1.165) is 11.3 Å². The molecular weight excluding hydrogens is 322 g/mol. The molecule has 3 aromatic rings. The van der Waals surface area contributed by atoms with Crippen LogP contribution in [0.25, 0.3) is 0 Å². The maximum absolute atomic E-state index is 12.2. The highest BCUT2D eigenvalue weighted by Crippen LogP contribution is 2.25. The van der Waals surface area contributed by atoms with E-state index < -0.39 is 5.38 Å². The summed E-state index contributed by atoms with van der Waals surface area (Å²) in [4.78, 5) is 12.2. The van der Waals surface area contributed by atoms with Gasteiger partial charge in [0.2, 0.25) is 5.91 Å². The molecule has 3 nitrogen and oxygen atoms in total. The van der Waals surface area contributed by atoms with Crippen LogP contribution < -0.4 is 10.1 Å². The third-order valence-electron chi connectivity index (χ3n) is 3.42. The largest absolute Gasteiger partial charge is 0.457 e. The van der Waals surface area contributed by atoms with Gasteiger partial charge in [-0.15, -0.1) is 11.6 Å². The highest BCUT2D eigenvalue weighted by atomic mass is 35.5. The van der Waals surface area contributed by atoms with Crippen LogP contribution in [0.3, 0.4) is 0 Å². The lowest BCUT2D eigenvalue weighted by Gasteiger charge is -2.11. The number of benzene rings is 3. The summed E-state index contributed by atoms with van der Waals surface area (Å²) in [5.41, 5.74) is 1.43. The fourth-order valence-electron chi connectivity index (χ4n) is 2.21. The van der Waals surface area contributed by atoms with E-state index in [1.807, 2.05) is 60.7 Å². The van der Waals surface area contributed by atoms with Crippen LogP contribution in [0.15, 0.2) is 84.9 Å². The fraction of sp³-hybridized carbons (Fsp3) is 0.0500. The van der Waals surface area contributed by atoms with Crippen LogP contribution in [0.5, 0.6) is 11.5 Å². The zero-order valence-electron chi connectivity index (χ0n) is 12.9. The van der Waals surface area contributed by atoms with Crippen molar-refractivity contribution < 1.29 is 9.53 Å². The fourth-order valence-corrected chi connectivity index (χ4v) is 2.41. The molecule has 4 heteroatoms. The van der Waals surface area contributed by atoms with Crippen LogP contribution in [0, 0.1) is 0 Å². The summed E-state index contributed by atoms with van der Waals surface area (Å²) in [6.07, 6.45) is 0. The number of hydrogen-bond donors (Lipinski definition) is 1. The van der Waals surface area contributed by atoms with Gasteiger partial charge in [-0.05, 0) is 42.0 Å². The minimum Gasteiger partial charge on any atom is -0.457 e. The van der Waals surface area contributed by atoms with E-state index in [1.54, 1.807) is 24.3 Å². The molecule has 3 aromatic carbocycles. The first kappa shape index (κ1) is 16.1. The Morgan fingerprint density at radius 2 is 1.33 bits per heavy atom. The lowest BCUT2D eigenvalue weighted by Crippen LogP contribution is -2.17. The first-order chi connectivity index (χ1) is 11.7. The van der Waals surface area contributed by atoms with Gasteiger partial charge in [-0.1, -0.05) is 48.5 Å². The van der Waals surface area contributed by atoms with Crippen LogP contribution >= 0.6 is 11.6 Å². The molecule has 0 aliphatic heterocycles. The van der Waals surface area contributed by atoms with Gasteiger partial charge in [0, 0.05) is 5.69 Å². The van der Waals surface area contributed by atoms with Gasteiger partial charge in [-0.3, -0.25) is 4.79 Å². The number of anilines is 1. The number of nitrogens with one attached hydrogen (secondary N) is 1. The minimum atomic E-state index is -0.730. The molecule has 24 heavy (non-hydrogen) atoms. The van der Waals surface area contributed by atoms with Crippen molar-refractivity contribution in [3.05, 3.63) is 90.5 Å². The predicted octanol–water partition coefficient (Wildman–Crippen LogP) is 5.40. The van der Waals surface area contributed by atoms with Crippen molar-refractivity contribution in [3.8, 4) is 11.5 Å². The summed E-state index contributed by atoms with van der Waals surface area (Å²) in [5, 5.41) is 2.07. The van der Waals surface area contributed by atoms with E-state index in [-0.39, 0.29) is 5.91 Å². The van der Waals surface area contributed by atoms with Crippen LogP contribution in [0.2, 0.25) is 0 Å². The second-order valence-electron chi connectivity index (χ2n) is 5.20. The molecule has 3 rings (SSSR count). The van der Waals surface area contributed by atoms with Crippen molar-refractivity contribution in [2.75, 3.05) is 5.32 Å². The van der Waals surface area contributed by atoms with Crippen molar-refractivity contribution in [2.24, 2.45) is 0 Å². The molecule has 0 bridgehead atoms. The monoisotopic (exact) mass is 337 g/mol. The van der Waals surface area contributed by atoms with Crippen molar-refractivity contribution in [3.63, 3.8) is 0 Å². The summed E-state index contributed by atoms with van der Waals surface area (Å²) in [6.45, 7) is 0. The Balaban J connectivity index is 1.62. The molecule has 120 valence electrons. The van der Waals surface area contributed by atoms with E-state index in [0.29, 0.717) is 11.4 Å². The summed E-state index contributed by atoms with van der Waals surface area (Å²) < 4.78 is 5.72. The lowest BCUT2D eigenvalue weighted by atomic mass is 10.1. The Hall–Kier alpha value is -2.78. The van der Waals surface area contributed by atoms with Gasteiger partial charge in [0.1, 0.15) is 16.9 Å². The Morgan fingerprint density at radius 1 is 0.792 bits per heavy atom. The molecular formula is C20H16ClNO2. The van der Waals surface area contributed by atoms with E-state index in [2.05, 4.69) is 5.32 Å². The molecule has 0 radical (unpaired) electrons. The Bertz CT molecular complexity index is 789. The van der Waals surface area contributed by atoms with Gasteiger partial charge in [-0.25, -0.2) is 0 Å². The third-order valence-corrected chi connectivity index (χ3v) is 3.87. The second kappa shape index (κ2) is 7.66. The average Bonchev–Trinajstić information content (AvgIpc) is 2.64. The number of rotatable bonds is 5. The SMILES string of the molecule is O=C(Nc1ccc(Oc2ccccc2)cc1)C(Cl)c1ccccc1. The lowest BCUT2D eigenvalue weighted by molar-refractivity contribution is -0.116. The van der Waals surface area contributed by atoms with Gasteiger partial charge in [0.25, 0.3) is 0 Å². The predicted molar refractivity (Wildman–Crippen MR) is 96.6 cm³/mol. The zero-order valence-corrected chi connectivity index (χ0v) is 13.6. The number of carbonyl (C=O) groups is 1. The molecule has 0 aliphatic carbocycles. The number of carbonyl (C=O) groups excluding carboxylic acids is 1. The number of hydrogen-bond acceptors (Lipinski definition) is 2. The number of para-hydroxylation sites is 1. The molecule has 0 aromatic heterocycles. The first-order valence-electron chi connectivity index (χ1n) is 7.55. The molecule has 0 saturated carbocycles. The van der Waals surface area contributed by atoms with Crippen LogP contribution in [0.4, 0.5) is 5.69 Å². The normalized spacial score (nSPS) is 11.5. The van der Waals surface area contributed by atoms with Gasteiger partial charge in [0.15, 0.2) is 0 Å². The van der Waals surface area contributed by atoms with Gasteiger partial charge < -0.3 is 10.1 Å². The highest BCUT2D eigenvalue weighted by molar-refractivity contribution is 6.32. The summed E-state index contributed by atoms with van der Waals surface area (Å²) in [6, 6.07) is 25.9. The summed E-state index contributed by atoms with van der Waals surface area (Å²) in [7, 11) is 0. The van der Waals surface area contributed by atoms with Crippen LogP contribution in [0.1, 0.15) is 10.9 Å². The number of alkyl halides is 1. The van der Waals surface area contributed by atoms with Crippen molar-refractivity contribution >= 4 is 23.2 Å². The van der Waals surface area contributed by atoms with Crippen molar-refractivity contribution in [2.45, 2.75) is 5.38 Å². The molecule has 1 atom stereocenters. The summed E-state index contributed by atoms with van der Waals surface area (Å²) in [5.74, 6) is 1.20. The molecule has 1 unspecified atom stereocenters. The third kappa shape index (κ3) is 4.15. The number of amides is 1. The van der Waals surface area contributed by atoms with E-state index in [9.17, 15) is 4.79 Å². The highest BCUT2D eigenvalue weighted by Gasteiger charge is 2.17. The maximum atomic E-state index is 12.2.